The molecule has 2 unspecified atom stereocenters. The molecule has 1 saturated carbocycles. The van der Waals surface area contributed by atoms with Gasteiger partial charge in [-0.3, -0.25) is 19.2 Å². The Kier molecular flexibility index (Phi) is 8.33. The summed E-state index contributed by atoms with van der Waals surface area (Å²) in [6, 6.07) is 6.36. The SMILES string of the molecule is O=C(O)CC(NC(=O)C1N(C(=O)c2cccc(F)c2)CCN1C(=O)c1cc(F)cc(F)c1)C1CCCCC1. The molecule has 38 heavy (non-hydrogen) atoms. The fourth-order valence-corrected chi connectivity index (χ4v) is 5.28. The zero-order valence-corrected chi connectivity index (χ0v) is 20.5. The smallest absolute Gasteiger partial charge is 0.305 e. The van der Waals surface area contributed by atoms with Crippen molar-refractivity contribution in [2.24, 2.45) is 5.92 Å². The van der Waals surface area contributed by atoms with Crippen LogP contribution in [0.15, 0.2) is 42.5 Å². The Labute approximate surface area is 217 Å². The molecule has 1 heterocycles. The van der Waals surface area contributed by atoms with Gasteiger partial charge in [0.25, 0.3) is 17.7 Å². The molecular weight excluding hydrogens is 503 g/mol. The number of carboxylic acids is 1. The summed E-state index contributed by atoms with van der Waals surface area (Å²) >= 11 is 0. The van der Waals surface area contributed by atoms with Gasteiger partial charge in [-0.2, -0.15) is 0 Å². The number of nitrogens with zero attached hydrogens (tertiary/aromatic N) is 2. The summed E-state index contributed by atoms with van der Waals surface area (Å²) in [5.41, 5.74) is -0.405. The summed E-state index contributed by atoms with van der Waals surface area (Å²) in [5, 5.41) is 12.2. The Morgan fingerprint density at radius 2 is 1.42 bits per heavy atom. The van der Waals surface area contributed by atoms with Crippen LogP contribution in [0, 0.1) is 23.4 Å². The summed E-state index contributed by atoms with van der Waals surface area (Å²) in [4.78, 5) is 54.0. The van der Waals surface area contributed by atoms with Gasteiger partial charge in [0.2, 0.25) is 0 Å². The van der Waals surface area contributed by atoms with E-state index in [-0.39, 0.29) is 36.6 Å². The van der Waals surface area contributed by atoms with Crippen molar-refractivity contribution in [3.8, 4) is 0 Å². The molecule has 0 radical (unpaired) electrons. The van der Waals surface area contributed by atoms with Crippen molar-refractivity contribution in [3.63, 3.8) is 0 Å². The molecule has 2 aliphatic rings. The highest BCUT2D eigenvalue weighted by Crippen LogP contribution is 2.29. The molecule has 11 heteroatoms. The van der Waals surface area contributed by atoms with E-state index in [4.69, 9.17) is 0 Å². The van der Waals surface area contributed by atoms with Gasteiger partial charge in [-0.25, -0.2) is 13.2 Å². The van der Waals surface area contributed by atoms with Crippen molar-refractivity contribution < 1.29 is 37.5 Å². The van der Waals surface area contributed by atoms with Crippen LogP contribution in [-0.4, -0.2) is 63.9 Å². The van der Waals surface area contributed by atoms with Crippen molar-refractivity contribution in [1.29, 1.82) is 0 Å². The average Bonchev–Trinajstić information content (AvgIpc) is 3.32. The van der Waals surface area contributed by atoms with Crippen molar-refractivity contribution in [2.45, 2.75) is 50.7 Å². The third kappa shape index (κ3) is 6.15. The van der Waals surface area contributed by atoms with Gasteiger partial charge in [-0.1, -0.05) is 25.3 Å². The third-order valence-corrected chi connectivity index (χ3v) is 7.05. The van der Waals surface area contributed by atoms with Gasteiger partial charge < -0.3 is 20.2 Å². The van der Waals surface area contributed by atoms with Crippen LogP contribution >= 0.6 is 0 Å². The van der Waals surface area contributed by atoms with Crippen LogP contribution < -0.4 is 5.32 Å². The zero-order valence-electron chi connectivity index (χ0n) is 20.5. The Hall–Kier alpha value is -3.89. The van der Waals surface area contributed by atoms with E-state index in [1.165, 1.54) is 12.1 Å². The van der Waals surface area contributed by atoms with Crippen LogP contribution in [0.25, 0.3) is 0 Å². The monoisotopic (exact) mass is 531 g/mol. The average molecular weight is 532 g/mol. The number of carbonyl (C=O) groups excluding carboxylic acids is 3. The summed E-state index contributed by atoms with van der Waals surface area (Å²) < 4.78 is 41.5. The minimum atomic E-state index is -1.54. The molecular formula is C27H28F3N3O5. The van der Waals surface area contributed by atoms with E-state index < -0.39 is 53.4 Å². The van der Waals surface area contributed by atoms with Crippen LogP contribution in [0.3, 0.4) is 0 Å². The third-order valence-electron chi connectivity index (χ3n) is 7.05. The molecule has 2 aromatic rings. The lowest BCUT2D eigenvalue weighted by Gasteiger charge is -2.34. The lowest BCUT2D eigenvalue weighted by molar-refractivity contribution is -0.138. The predicted octanol–water partition coefficient (Wildman–Crippen LogP) is 3.57. The standard InChI is InChI=1S/C27H28F3N3O5/c28-19-8-4-7-17(11-19)26(37)32-9-10-33(27(38)18-12-20(29)14-21(30)13-18)25(32)24(36)31-22(15-23(34)35)16-5-2-1-3-6-16/h4,7-8,11-14,16,22,25H,1-3,5-6,9-10,15H2,(H,31,36)(H,34,35). The topological polar surface area (TPSA) is 107 Å². The van der Waals surface area contributed by atoms with E-state index in [1.54, 1.807) is 0 Å². The molecule has 1 saturated heterocycles. The van der Waals surface area contributed by atoms with Crippen LogP contribution in [0.4, 0.5) is 13.2 Å². The molecule has 2 atom stereocenters. The highest BCUT2D eigenvalue weighted by atomic mass is 19.1. The zero-order chi connectivity index (χ0) is 27.4. The number of rotatable bonds is 7. The van der Waals surface area contributed by atoms with E-state index in [0.717, 1.165) is 66.2 Å². The lowest BCUT2D eigenvalue weighted by Crippen LogP contribution is -2.57. The maximum atomic E-state index is 13.8. The molecule has 3 amide bonds. The van der Waals surface area contributed by atoms with Gasteiger partial charge in [-0.15, -0.1) is 0 Å². The molecule has 202 valence electrons. The number of amides is 3. The van der Waals surface area contributed by atoms with Crippen LogP contribution in [0.2, 0.25) is 0 Å². The molecule has 1 aliphatic heterocycles. The Balaban J connectivity index is 1.66. The molecule has 4 rings (SSSR count). The minimum absolute atomic E-state index is 0.0525. The Morgan fingerprint density at radius 3 is 2.00 bits per heavy atom. The highest BCUT2D eigenvalue weighted by Gasteiger charge is 2.44. The highest BCUT2D eigenvalue weighted by molar-refractivity contribution is 6.02. The second-order valence-corrected chi connectivity index (χ2v) is 9.65. The van der Waals surface area contributed by atoms with E-state index >= 15 is 0 Å². The number of halogens is 3. The molecule has 0 spiro atoms. The molecule has 2 fully saturated rings. The number of carboxylic acid groups (broad SMARTS) is 1. The maximum Gasteiger partial charge on any atom is 0.305 e. The lowest BCUT2D eigenvalue weighted by atomic mass is 9.82. The number of aliphatic carboxylic acids is 1. The number of hydrogen-bond acceptors (Lipinski definition) is 4. The van der Waals surface area contributed by atoms with Gasteiger partial charge in [0.05, 0.1) is 6.42 Å². The Bertz CT molecular complexity index is 1210. The number of nitrogens with one attached hydrogen (secondary N) is 1. The van der Waals surface area contributed by atoms with E-state index in [9.17, 15) is 37.5 Å². The van der Waals surface area contributed by atoms with Gasteiger partial charge in [-0.05, 0) is 49.1 Å². The van der Waals surface area contributed by atoms with Crippen LogP contribution in [0.5, 0.6) is 0 Å². The summed E-state index contributed by atoms with van der Waals surface area (Å²) in [7, 11) is 0. The van der Waals surface area contributed by atoms with Crippen LogP contribution in [-0.2, 0) is 9.59 Å². The molecule has 1 aliphatic carbocycles. The number of hydrogen-bond donors (Lipinski definition) is 2. The normalized spacial score (nSPS) is 18.8. The van der Waals surface area contributed by atoms with Crippen molar-refractivity contribution in [1.82, 2.24) is 15.1 Å². The van der Waals surface area contributed by atoms with E-state index in [1.807, 2.05) is 0 Å². The second-order valence-electron chi connectivity index (χ2n) is 9.65. The van der Waals surface area contributed by atoms with Gasteiger partial charge in [0.1, 0.15) is 17.5 Å². The first kappa shape index (κ1) is 27.2. The van der Waals surface area contributed by atoms with Gasteiger partial charge in [0, 0.05) is 36.3 Å². The fraction of sp³-hybridized carbons (Fsp3) is 0.407. The molecule has 8 nitrogen and oxygen atoms in total. The minimum Gasteiger partial charge on any atom is -0.481 e. The van der Waals surface area contributed by atoms with E-state index in [0.29, 0.717) is 6.07 Å². The number of benzene rings is 2. The molecule has 2 N–H and O–H groups in total. The summed E-state index contributed by atoms with van der Waals surface area (Å²) in [6.45, 7) is -0.243. The van der Waals surface area contributed by atoms with Crippen molar-refractivity contribution in [2.75, 3.05) is 13.1 Å². The van der Waals surface area contributed by atoms with Crippen molar-refractivity contribution >= 4 is 23.7 Å². The van der Waals surface area contributed by atoms with Gasteiger partial charge in [0.15, 0.2) is 6.17 Å². The first-order valence-corrected chi connectivity index (χ1v) is 12.5. The first-order valence-electron chi connectivity index (χ1n) is 12.5. The summed E-state index contributed by atoms with van der Waals surface area (Å²) in [6.07, 6.45) is 2.35. The second kappa shape index (κ2) is 11.7. The summed E-state index contributed by atoms with van der Waals surface area (Å²) in [5.74, 6) is -6.25. The Morgan fingerprint density at radius 1 is 0.842 bits per heavy atom. The van der Waals surface area contributed by atoms with Gasteiger partial charge >= 0.3 is 5.97 Å². The largest absolute Gasteiger partial charge is 0.481 e. The quantitative estimate of drug-likeness (QED) is 0.568. The maximum absolute atomic E-state index is 13.8. The van der Waals surface area contributed by atoms with E-state index in [2.05, 4.69) is 5.32 Å². The molecule has 2 aromatic carbocycles. The number of carbonyl (C=O) groups is 4. The fourth-order valence-electron chi connectivity index (χ4n) is 5.28. The van der Waals surface area contributed by atoms with Crippen LogP contribution in [0.1, 0.15) is 59.2 Å². The predicted molar refractivity (Wildman–Crippen MR) is 129 cm³/mol. The first-order chi connectivity index (χ1) is 18.1. The van der Waals surface area contributed by atoms with Crippen molar-refractivity contribution in [3.05, 3.63) is 71.0 Å². The molecule has 0 aromatic heterocycles. The molecule has 0 bridgehead atoms.